The molecule has 13 heteroatoms. The van der Waals surface area contributed by atoms with Crippen molar-refractivity contribution in [2.24, 2.45) is 11.8 Å². The van der Waals surface area contributed by atoms with Crippen molar-refractivity contribution in [2.75, 3.05) is 27.3 Å². The molecule has 13 nitrogen and oxygen atoms in total. The van der Waals surface area contributed by atoms with Gasteiger partial charge in [0.25, 0.3) is 0 Å². The van der Waals surface area contributed by atoms with Crippen molar-refractivity contribution >= 4 is 45.4 Å². The van der Waals surface area contributed by atoms with Crippen LogP contribution in [-0.4, -0.2) is 102 Å². The number of unbranched alkanes of at least 4 members (excludes halogenated alkanes) is 28. The molecule has 4 aromatic rings. The number of fused-ring (bicyclic) bond motifs is 2. The van der Waals surface area contributed by atoms with Crippen LogP contribution in [0.25, 0.3) is 22.1 Å². The summed E-state index contributed by atoms with van der Waals surface area (Å²) in [5.74, 6) is 3.26. The number of pyridine rings is 2. The molecule has 468 valence electrons. The summed E-state index contributed by atoms with van der Waals surface area (Å²) in [6.07, 6.45) is 49.5. The molecule has 0 aliphatic heterocycles. The number of nitrogens with zero attached hydrogens (tertiary/aromatic N) is 8. The Morgan fingerprint density at radius 1 is 0.422 bits per heavy atom. The maximum atomic E-state index is 13.4. The third-order valence-electron chi connectivity index (χ3n) is 17.3. The number of carbonyl (C=O) groups excluding carboxylic acids is 4. The van der Waals surface area contributed by atoms with E-state index in [4.69, 9.17) is 4.74 Å². The number of Topliss-reactive ketones (excluding diaryl/α,β-unsaturated/α-hetero) is 2. The molecule has 2 atom stereocenters. The number of carbonyl (C=O) groups is 4. The molecular formula is C70H118N8O5. The molecule has 0 fully saturated rings. The summed E-state index contributed by atoms with van der Waals surface area (Å²) in [4.78, 5) is 74.3. The zero-order chi connectivity index (χ0) is 59.9. The van der Waals surface area contributed by atoms with Crippen molar-refractivity contribution in [3.05, 3.63) is 48.6 Å². The largest absolute Gasteiger partial charge is 0.381 e. The van der Waals surface area contributed by atoms with Crippen molar-refractivity contribution in [3.63, 3.8) is 0 Å². The van der Waals surface area contributed by atoms with Crippen LogP contribution in [0, 0.1) is 25.7 Å². The lowest BCUT2D eigenvalue weighted by atomic mass is 9.95. The predicted molar refractivity (Wildman–Crippen MR) is 344 cm³/mol. The standard InChI is InChI=1S/C70H118N8O5/c1-57(2)53-65(75(7)69(81)43-35-37-49-77-59(5)73-61-55-71-47-45-63(61)77)67(79)41-33-29-25-21-17-13-9-11-15-19-23-27-31-39-51-83-52-40-32-28-24-20-16-12-10-14-18-22-26-30-34-42-68(80)66(54-58(3)4)76(8)70(82)44-36-38-50-78-60(6)74-62-56-72-48-46-64(62)78/h45-48,55-58,65-66H,9-44,49-54H2,1-8H3/t65-,66-/m0/s1. The Kier molecular flexibility index (Phi) is 36.9. The SMILES string of the molecule is Cc1nc2cnccc2n1CCCCC(=O)N(C)[C@@H](CC(C)C)C(=O)CCCCCCCCCCCCCCCCOCCCCCCCCCCCCCCCCC(=O)[C@H](CC(C)C)N(C)C(=O)CCCCn1c(C)nc2cnccc21. The van der Waals surface area contributed by atoms with Gasteiger partial charge in [0.2, 0.25) is 11.8 Å². The third-order valence-corrected chi connectivity index (χ3v) is 17.3. The number of imidazole rings is 2. The van der Waals surface area contributed by atoms with Gasteiger partial charge in [-0.05, 0) is 102 Å². The Labute approximate surface area is 504 Å². The second-order valence-electron chi connectivity index (χ2n) is 25.5. The molecule has 4 heterocycles. The van der Waals surface area contributed by atoms with Gasteiger partial charge in [-0.2, -0.15) is 0 Å². The topological polar surface area (TPSA) is 145 Å². The molecule has 2 amide bonds. The average molecular weight is 1150 g/mol. The van der Waals surface area contributed by atoms with Gasteiger partial charge in [0.15, 0.2) is 11.6 Å². The number of hydrogen-bond donors (Lipinski definition) is 0. The van der Waals surface area contributed by atoms with Gasteiger partial charge in [-0.15, -0.1) is 0 Å². The fourth-order valence-electron chi connectivity index (χ4n) is 12.2. The number of aromatic nitrogens is 6. The smallest absolute Gasteiger partial charge is 0.222 e. The van der Waals surface area contributed by atoms with Crippen molar-refractivity contribution < 1.29 is 23.9 Å². The van der Waals surface area contributed by atoms with Crippen LogP contribution in [0.1, 0.15) is 283 Å². The first kappa shape index (κ1) is 71.0. The van der Waals surface area contributed by atoms with Crippen LogP contribution in [-0.2, 0) is 37.0 Å². The molecule has 0 aliphatic rings. The first-order valence-electron chi connectivity index (χ1n) is 34.0. The first-order chi connectivity index (χ1) is 40.3. The monoisotopic (exact) mass is 1150 g/mol. The number of likely N-dealkylation sites (N-methyl/N-ethyl adjacent to an activating group) is 2. The van der Waals surface area contributed by atoms with E-state index in [1.54, 1.807) is 34.6 Å². The zero-order valence-electron chi connectivity index (χ0n) is 54.1. The first-order valence-corrected chi connectivity index (χ1v) is 34.0. The fraction of sp³-hybridized carbons (Fsp3) is 0.771. The van der Waals surface area contributed by atoms with E-state index in [0.29, 0.717) is 37.5 Å². The van der Waals surface area contributed by atoms with Gasteiger partial charge >= 0.3 is 0 Å². The van der Waals surface area contributed by atoms with Crippen LogP contribution in [0.4, 0.5) is 0 Å². The molecule has 0 saturated heterocycles. The Bertz CT molecular complexity index is 2210. The minimum atomic E-state index is -0.317. The van der Waals surface area contributed by atoms with Crippen molar-refractivity contribution in [1.29, 1.82) is 0 Å². The van der Waals surface area contributed by atoms with Gasteiger partial charge in [-0.1, -0.05) is 182 Å². The highest BCUT2D eigenvalue weighted by Crippen LogP contribution is 2.23. The molecule has 0 saturated carbocycles. The van der Waals surface area contributed by atoms with E-state index >= 15 is 0 Å². The number of ether oxygens (including phenoxy) is 1. The lowest BCUT2D eigenvalue weighted by molar-refractivity contribution is -0.138. The molecule has 0 bridgehead atoms. The molecule has 4 rings (SSSR count). The summed E-state index contributed by atoms with van der Waals surface area (Å²) >= 11 is 0. The van der Waals surface area contributed by atoms with E-state index < -0.39 is 0 Å². The number of ketones is 2. The zero-order valence-corrected chi connectivity index (χ0v) is 54.1. The normalized spacial score (nSPS) is 12.6. The Morgan fingerprint density at radius 3 is 1.02 bits per heavy atom. The van der Waals surface area contributed by atoms with Crippen molar-refractivity contribution in [3.8, 4) is 0 Å². The Morgan fingerprint density at radius 2 is 0.711 bits per heavy atom. The number of amides is 2. The number of rotatable bonds is 52. The second kappa shape index (κ2) is 43.2. The summed E-state index contributed by atoms with van der Waals surface area (Å²) in [6, 6.07) is 3.36. The van der Waals surface area contributed by atoms with E-state index in [9.17, 15) is 19.2 Å². The molecule has 0 unspecified atom stereocenters. The van der Waals surface area contributed by atoms with E-state index in [1.165, 1.54) is 154 Å². The highest BCUT2D eigenvalue weighted by molar-refractivity contribution is 5.89. The molecule has 83 heavy (non-hydrogen) atoms. The fourth-order valence-corrected chi connectivity index (χ4v) is 12.2. The molecule has 0 aliphatic carbocycles. The van der Waals surface area contributed by atoms with Gasteiger partial charge in [0, 0.05) is 78.5 Å². The Balaban J connectivity index is 0.839. The molecule has 0 radical (unpaired) electrons. The summed E-state index contributed by atoms with van der Waals surface area (Å²) < 4.78 is 10.4. The minimum absolute atomic E-state index is 0.0767. The average Bonchev–Trinajstić information content (AvgIpc) is 4.11. The third kappa shape index (κ3) is 29.0. The quantitative estimate of drug-likeness (QED) is 0.0394. The Hall–Kier alpha value is -4.52. The molecule has 0 aromatic carbocycles. The van der Waals surface area contributed by atoms with E-state index in [-0.39, 0.29) is 35.5 Å². The van der Waals surface area contributed by atoms with Crippen molar-refractivity contribution in [2.45, 2.75) is 311 Å². The minimum Gasteiger partial charge on any atom is -0.381 e. The van der Waals surface area contributed by atoms with E-state index in [2.05, 4.69) is 56.8 Å². The predicted octanol–water partition coefficient (Wildman–Crippen LogP) is 17.4. The highest BCUT2D eigenvalue weighted by Gasteiger charge is 2.28. The van der Waals surface area contributed by atoms with Gasteiger partial charge < -0.3 is 23.7 Å². The molecule has 0 spiro atoms. The second-order valence-corrected chi connectivity index (χ2v) is 25.5. The van der Waals surface area contributed by atoms with Gasteiger partial charge in [0.05, 0.1) is 35.5 Å². The maximum absolute atomic E-state index is 13.4. The van der Waals surface area contributed by atoms with Gasteiger partial charge in [-0.25, -0.2) is 9.97 Å². The van der Waals surface area contributed by atoms with Crippen LogP contribution in [0.2, 0.25) is 0 Å². The van der Waals surface area contributed by atoms with Gasteiger partial charge in [0.1, 0.15) is 22.7 Å². The maximum Gasteiger partial charge on any atom is 0.222 e. The summed E-state index contributed by atoms with van der Waals surface area (Å²) in [7, 11) is 3.67. The summed E-state index contributed by atoms with van der Waals surface area (Å²) in [6.45, 7) is 16.1. The van der Waals surface area contributed by atoms with E-state index in [0.717, 1.165) is 124 Å². The molecule has 4 aromatic heterocycles. The van der Waals surface area contributed by atoms with Crippen molar-refractivity contribution in [1.82, 2.24) is 38.9 Å². The van der Waals surface area contributed by atoms with Crippen LogP contribution < -0.4 is 0 Å². The lowest BCUT2D eigenvalue weighted by Crippen LogP contribution is -2.43. The number of aryl methyl sites for hydroxylation is 4. The summed E-state index contributed by atoms with van der Waals surface area (Å²) in [5, 5.41) is 0. The lowest BCUT2D eigenvalue weighted by Gasteiger charge is -2.29. The van der Waals surface area contributed by atoms with Crippen LogP contribution in [0.3, 0.4) is 0 Å². The number of hydrogen-bond acceptors (Lipinski definition) is 9. The molecule has 0 N–H and O–H groups in total. The van der Waals surface area contributed by atoms with Gasteiger partial charge in [-0.3, -0.25) is 29.1 Å². The highest BCUT2D eigenvalue weighted by atomic mass is 16.5. The van der Waals surface area contributed by atoms with Crippen LogP contribution in [0.5, 0.6) is 0 Å². The van der Waals surface area contributed by atoms with E-state index in [1.807, 2.05) is 40.1 Å². The summed E-state index contributed by atoms with van der Waals surface area (Å²) in [5.41, 5.74) is 3.98. The molecular weight excluding hydrogens is 1030 g/mol. The van der Waals surface area contributed by atoms with Crippen LogP contribution in [0.15, 0.2) is 36.9 Å². The van der Waals surface area contributed by atoms with Crippen LogP contribution >= 0.6 is 0 Å².